The Bertz CT molecular complexity index is 272. The first-order chi connectivity index (χ1) is 7.11. The molecule has 0 saturated heterocycles. The Kier molecular flexibility index (Phi) is 4.69. The molecule has 0 aliphatic carbocycles. The normalized spacial score (nSPS) is 11.0. The van der Waals surface area contributed by atoms with Gasteiger partial charge in [0.2, 0.25) is 0 Å². The lowest BCUT2D eigenvalue weighted by Gasteiger charge is -2.13. The standard InChI is InChI=1S/C12H22N2O/c1-10(2)9-15-8-7-13-14-11(3)5-6-12(14)4/h5-6,10,13H,7-9H2,1-4H3. The van der Waals surface area contributed by atoms with E-state index in [1.54, 1.807) is 0 Å². The Morgan fingerprint density at radius 2 is 1.87 bits per heavy atom. The first kappa shape index (κ1) is 12.1. The molecule has 86 valence electrons. The van der Waals surface area contributed by atoms with Crippen LogP contribution in [-0.4, -0.2) is 24.4 Å². The summed E-state index contributed by atoms with van der Waals surface area (Å²) in [5.41, 5.74) is 5.79. The van der Waals surface area contributed by atoms with Crippen LogP contribution in [0.5, 0.6) is 0 Å². The van der Waals surface area contributed by atoms with E-state index >= 15 is 0 Å². The van der Waals surface area contributed by atoms with E-state index in [-0.39, 0.29) is 0 Å². The summed E-state index contributed by atoms with van der Waals surface area (Å²) in [6.07, 6.45) is 0. The van der Waals surface area contributed by atoms with Gasteiger partial charge in [-0.15, -0.1) is 0 Å². The van der Waals surface area contributed by atoms with Crippen LogP contribution in [0.2, 0.25) is 0 Å². The zero-order valence-corrected chi connectivity index (χ0v) is 10.2. The minimum absolute atomic E-state index is 0.611. The van der Waals surface area contributed by atoms with Gasteiger partial charge in [-0.1, -0.05) is 13.8 Å². The second kappa shape index (κ2) is 5.81. The third-order valence-corrected chi connectivity index (χ3v) is 2.24. The largest absolute Gasteiger partial charge is 0.379 e. The molecule has 1 heterocycles. The van der Waals surface area contributed by atoms with Gasteiger partial charge < -0.3 is 10.2 Å². The van der Waals surface area contributed by atoms with Gasteiger partial charge in [-0.3, -0.25) is 4.68 Å². The minimum Gasteiger partial charge on any atom is -0.379 e. The molecule has 0 aliphatic heterocycles. The molecule has 1 N–H and O–H groups in total. The second-order valence-electron chi connectivity index (χ2n) is 4.33. The number of nitrogens with one attached hydrogen (secondary N) is 1. The van der Waals surface area contributed by atoms with Crippen molar-refractivity contribution >= 4 is 0 Å². The molecule has 15 heavy (non-hydrogen) atoms. The molecule has 0 aliphatic rings. The molecule has 0 unspecified atom stereocenters. The van der Waals surface area contributed by atoms with Gasteiger partial charge in [0, 0.05) is 18.0 Å². The highest BCUT2D eigenvalue weighted by atomic mass is 16.5. The van der Waals surface area contributed by atoms with Gasteiger partial charge in [0.15, 0.2) is 0 Å². The van der Waals surface area contributed by atoms with Gasteiger partial charge in [0.25, 0.3) is 0 Å². The highest BCUT2D eigenvalue weighted by molar-refractivity contribution is 5.15. The number of hydrogen-bond donors (Lipinski definition) is 1. The number of ether oxygens (including phenoxy) is 1. The lowest BCUT2D eigenvalue weighted by molar-refractivity contribution is 0.117. The van der Waals surface area contributed by atoms with Crippen LogP contribution >= 0.6 is 0 Å². The van der Waals surface area contributed by atoms with E-state index in [9.17, 15) is 0 Å². The monoisotopic (exact) mass is 210 g/mol. The smallest absolute Gasteiger partial charge is 0.0655 e. The molecular weight excluding hydrogens is 188 g/mol. The minimum atomic E-state index is 0.611. The Balaban J connectivity index is 2.20. The highest BCUT2D eigenvalue weighted by Crippen LogP contribution is 2.03. The summed E-state index contributed by atoms with van der Waals surface area (Å²) in [6, 6.07) is 4.22. The SMILES string of the molecule is Cc1ccc(C)n1NCCOCC(C)C. The number of aromatic nitrogens is 1. The van der Waals surface area contributed by atoms with Crippen molar-refractivity contribution in [2.75, 3.05) is 25.2 Å². The maximum Gasteiger partial charge on any atom is 0.0655 e. The van der Waals surface area contributed by atoms with Crippen molar-refractivity contribution in [2.24, 2.45) is 5.92 Å². The van der Waals surface area contributed by atoms with Crippen molar-refractivity contribution in [3.63, 3.8) is 0 Å². The molecular formula is C12H22N2O. The van der Waals surface area contributed by atoms with Gasteiger partial charge in [-0.25, -0.2) is 0 Å². The van der Waals surface area contributed by atoms with E-state index in [0.717, 1.165) is 19.8 Å². The first-order valence-corrected chi connectivity index (χ1v) is 5.58. The lowest BCUT2D eigenvalue weighted by Crippen LogP contribution is -2.22. The molecule has 0 bridgehead atoms. The molecule has 0 saturated carbocycles. The van der Waals surface area contributed by atoms with Gasteiger partial charge in [-0.05, 0) is 31.9 Å². The topological polar surface area (TPSA) is 26.2 Å². The molecule has 1 aromatic rings. The predicted molar refractivity (Wildman–Crippen MR) is 63.8 cm³/mol. The molecule has 0 atom stereocenters. The van der Waals surface area contributed by atoms with Crippen molar-refractivity contribution in [3.8, 4) is 0 Å². The summed E-state index contributed by atoms with van der Waals surface area (Å²) in [7, 11) is 0. The molecule has 1 rings (SSSR count). The van der Waals surface area contributed by atoms with Crippen LogP contribution in [-0.2, 0) is 4.74 Å². The van der Waals surface area contributed by atoms with Crippen molar-refractivity contribution in [1.82, 2.24) is 4.68 Å². The maximum atomic E-state index is 5.50. The van der Waals surface area contributed by atoms with Crippen LogP contribution in [0.3, 0.4) is 0 Å². The Hall–Kier alpha value is -0.960. The zero-order chi connectivity index (χ0) is 11.3. The molecule has 0 spiro atoms. The summed E-state index contributed by atoms with van der Waals surface area (Å²) >= 11 is 0. The van der Waals surface area contributed by atoms with Gasteiger partial charge in [0.1, 0.15) is 0 Å². The first-order valence-electron chi connectivity index (χ1n) is 5.58. The van der Waals surface area contributed by atoms with E-state index in [1.807, 2.05) is 0 Å². The summed E-state index contributed by atoms with van der Waals surface area (Å²) < 4.78 is 7.59. The van der Waals surface area contributed by atoms with Crippen LogP contribution < -0.4 is 5.43 Å². The molecule has 3 heteroatoms. The lowest BCUT2D eigenvalue weighted by atomic mass is 10.2. The Morgan fingerprint density at radius 1 is 1.27 bits per heavy atom. The van der Waals surface area contributed by atoms with Crippen LogP contribution in [0.25, 0.3) is 0 Å². The molecule has 0 aromatic carbocycles. The summed E-state index contributed by atoms with van der Waals surface area (Å²) in [5.74, 6) is 0.611. The van der Waals surface area contributed by atoms with Gasteiger partial charge in [-0.2, -0.15) is 0 Å². The summed E-state index contributed by atoms with van der Waals surface area (Å²) in [5, 5.41) is 0. The van der Waals surface area contributed by atoms with Crippen LogP contribution in [0.1, 0.15) is 25.2 Å². The van der Waals surface area contributed by atoms with Gasteiger partial charge in [0.05, 0.1) is 13.2 Å². The third-order valence-electron chi connectivity index (χ3n) is 2.24. The van der Waals surface area contributed by atoms with E-state index in [4.69, 9.17) is 4.74 Å². The van der Waals surface area contributed by atoms with E-state index in [1.165, 1.54) is 11.4 Å². The fourth-order valence-corrected chi connectivity index (χ4v) is 1.47. The maximum absolute atomic E-state index is 5.50. The van der Waals surface area contributed by atoms with Crippen molar-refractivity contribution in [1.29, 1.82) is 0 Å². The number of hydrogen-bond acceptors (Lipinski definition) is 2. The van der Waals surface area contributed by atoms with Crippen LogP contribution in [0, 0.1) is 19.8 Å². The number of aryl methyl sites for hydroxylation is 2. The van der Waals surface area contributed by atoms with E-state index in [2.05, 4.69) is 49.9 Å². The fourth-order valence-electron chi connectivity index (χ4n) is 1.47. The third kappa shape index (κ3) is 3.96. The predicted octanol–water partition coefficient (Wildman–Crippen LogP) is 2.32. The molecule has 0 radical (unpaired) electrons. The van der Waals surface area contributed by atoms with Gasteiger partial charge >= 0.3 is 0 Å². The zero-order valence-electron chi connectivity index (χ0n) is 10.2. The Morgan fingerprint density at radius 3 is 2.40 bits per heavy atom. The molecule has 3 nitrogen and oxygen atoms in total. The van der Waals surface area contributed by atoms with Crippen LogP contribution in [0.4, 0.5) is 0 Å². The number of nitrogens with zero attached hydrogens (tertiary/aromatic N) is 1. The summed E-state index contributed by atoms with van der Waals surface area (Å²) in [6.45, 7) is 11.0. The average Bonchev–Trinajstić information content (AvgIpc) is 2.47. The molecule has 0 amide bonds. The second-order valence-corrected chi connectivity index (χ2v) is 4.33. The van der Waals surface area contributed by atoms with Crippen molar-refractivity contribution in [2.45, 2.75) is 27.7 Å². The molecule has 0 fully saturated rings. The number of rotatable bonds is 6. The Labute approximate surface area is 92.4 Å². The average molecular weight is 210 g/mol. The highest BCUT2D eigenvalue weighted by Gasteiger charge is 1.99. The van der Waals surface area contributed by atoms with Crippen molar-refractivity contribution < 1.29 is 4.74 Å². The summed E-state index contributed by atoms with van der Waals surface area (Å²) in [4.78, 5) is 0. The quantitative estimate of drug-likeness (QED) is 0.729. The fraction of sp³-hybridized carbons (Fsp3) is 0.667. The molecule has 1 aromatic heterocycles. The van der Waals surface area contributed by atoms with E-state index in [0.29, 0.717) is 5.92 Å². The van der Waals surface area contributed by atoms with Crippen LogP contribution in [0.15, 0.2) is 12.1 Å². The van der Waals surface area contributed by atoms with Crippen molar-refractivity contribution in [3.05, 3.63) is 23.5 Å². The van der Waals surface area contributed by atoms with E-state index < -0.39 is 0 Å².